The van der Waals surface area contributed by atoms with Gasteiger partial charge in [-0.3, -0.25) is 4.79 Å². The van der Waals surface area contributed by atoms with Gasteiger partial charge in [0.2, 0.25) is 0 Å². The SMILES string of the molecule is CC(NC1CCOC1)c1ccc2c(c1)NC(=O)CO2. The van der Waals surface area contributed by atoms with Gasteiger partial charge in [0.15, 0.2) is 6.61 Å². The zero-order chi connectivity index (χ0) is 13.2. The van der Waals surface area contributed by atoms with Gasteiger partial charge in [0, 0.05) is 18.7 Å². The van der Waals surface area contributed by atoms with Crippen molar-refractivity contribution >= 4 is 11.6 Å². The Labute approximate surface area is 112 Å². The van der Waals surface area contributed by atoms with Crippen LogP contribution < -0.4 is 15.4 Å². The number of carbonyl (C=O) groups is 1. The molecule has 5 heteroatoms. The molecule has 2 heterocycles. The number of rotatable bonds is 3. The number of hydrogen-bond donors (Lipinski definition) is 2. The molecule has 2 unspecified atom stereocenters. The lowest BCUT2D eigenvalue weighted by molar-refractivity contribution is -0.118. The summed E-state index contributed by atoms with van der Waals surface area (Å²) >= 11 is 0. The molecule has 1 amide bonds. The van der Waals surface area contributed by atoms with Crippen molar-refractivity contribution in [1.29, 1.82) is 0 Å². The van der Waals surface area contributed by atoms with Crippen LogP contribution in [0.3, 0.4) is 0 Å². The topological polar surface area (TPSA) is 59.6 Å². The molecule has 0 aromatic heterocycles. The molecular formula is C14H18N2O3. The first-order valence-corrected chi connectivity index (χ1v) is 6.63. The van der Waals surface area contributed by atoms with Crippen molar-refractivity contribution in [3.8, 4) is 5.75 Å². The van der Waals surface area contributed by atoms with Gasteiger partial charge in [-0.25, -0.2) is 0 Å². The van der Waals surface area contributed by atoms with Gasteiger partial charge in [0.05, 0.1) is 12.3 Å². The number of carbonyl (C=O) groups excluding carboxylic acids is 1. The Morgan fingerprint density at radius 3 is 3.16 bits per heavy atom. The molecule has 0 spiro atoms. The Balaban J connectivity index is 1.73. The Bertz CT molecular complexity index is 484. The number of anilines is 1. The molecule has 1 aromatic rings. The third kappa shape index (κ3) is 2.72. The summed E-state index contributed by atoms with van der Waals surface area (Å²) in [7, 11) is 0. The third-order valence-electron chi connectivity index (χ3n) is 3.55. The lowest BCUT2D eigenvalue weighted by atomic mass is 10.1. The minimum Gasteiger partial charge on any atom is -0.482 e. The van der Waals surface area contributed by atoms with Gasteiger partial charge in [-0.2, -0.15) is 0 Å². The van der Waals surface area contributed by atoms with Crippen molar-refractivity contribution < 1.29 is 14.3 Å². The van der Waals surface area contributed by atoms with Crippen LogP contribution in [0.2, 0.25) is 0 Å². The maximum atomic E-state index is 11.3. The summed E-state index contributed by atoms with van der Waals surface area (Å²) in [5.41, 5.74) is 1.89. The van der Waals surface area contributed by atoms with Crippen molar-refractivity contribution in [3.05, 3.63) is 23.8 Å². The molecule has 2 aliphatic rings. The molecule has 0 bridgehead atoms. The number of amides is 1. The summed E-state index contributed by atoms with van der Waals surface area (Å²) in [5, 5.41) is 6.37. The number of benzene rings is 1. The summed E-state index contributed by atoms with van der Waals surface area (Å²) < 4.78 is 10.7. The minimum absolute atomic E-state index is 0.0968. The van der Waals surface area contributed by atoms with Gasteiger partial charge in [-0.15, -0.1) is 0 Å². The van der Waals surface area contributed by atoms with Crippen LogP contribution in [-0.4, -0.2) is 31.8 Å². The predicted molar refractivity (Wildman–Crippen MR) is 71.3 cm³/mol. The molecular weight excluding hydrogens is 244 g/mol. The fraction of sp³-hybridized carbons (Fsp3) is 0.500. The maximum absolute atomic E-state index is 11.3. The molecule has 102 valence electrons. The van der Waals surface area contributed by atoms with Gasteiger partial charge in [-0.1, -0.05) is 6.07 Å². The minimum atomic E-state index is -0.102. The summed E-state index contributed by atoms with van der Waals surface area (Å²) in [6, 6.07) is 6.55. The van der Waals surface area contributed by atoms with E-state index in [9.17, 15) is 4.79 Å². The van der Waals surface area contributed by atoms with Crippen LogP contribution in [0.1, 0.15) is 24.9 Å². The fourth-order valence-corrected chi connectivity index (χ4v) is 2.49. The van der Waals surface area contributed by atoms with Gasteiger partial charge >= 0.3 is 0 Å². The Morgan fingerprint density at radius 1 is 1.47 bits per heavy atom. The number of ether oxygens (including phenoxy) is 2. The van der Waals surface area contributed by atoms with Gasteiger partial charge in [0.25, 0.3) is 5.91 Å². The van der Waals surface area contributed by atoms with E-state index >= 15 is 0 Å². The average Bonchev–Trinajstić information content (AvgIpc) is 2.90. The van der Waals surface area contributed by atoms with E-state index in [2.05, 4.69) is 17.6 Å². The van der Waals surface area contributed by atoms with Crippen LogP contribution in [0.5, 0.6) is 5.75 Å². The molecule has 1 aromatic carbocycles. The number of fused-ring (bicyclic) bond motifs is 1. The summed E-state index contributed by atoms with van der Waals surface area (Å²) in [6.07, 6.45) is 1.05. The molecule has 0 radical (unpaired) electrons. The molecule has 2 atom stereocenters. The zero-order valence-electron chi connectivity index (χ0n) is 10.9. The molecule has 0 aliphatic carbocycles. The fourth-order valence-electron chi connectivity index (χ4n) is 2.49. The highest BCUT2D eigenvalue weighted by Crippen LogP contribution is 2.30. The second kappa shape index (κ2) is 5.19. The van der Waals surface area contributed by atoms with Crippen molar-refractivity contribution in [2.24, 2.45) is 0 Å². The van der Waals surface area contributed by atoms with E-state index < -0.39 is 0 Å². The highest BCUT2D eigenvalue weighted by Gasteiger charge is 2.20. The van der Waals surface area contributed by atoms with E-state index in [1.165, 1.54) is 0 Å². The van der Waals surface area contributed by atoms with Crippen LogP contribution in [0.4, 0.5) is 5.69 Å². The maximum Gasteiger partial charge on any atom is 0.262 e. The van der Waals surface area contributed by atoms with Crippen LogP contribution in [-0.2, 0) is 9.53 Å². The van der Waals surface area contributed by atoms with Gasteiger partial charge < -0.3 is 20.1 Å². The molecule has 2 N–H and O–H groups in total. The highest BCUT2D eigenvalue weighted by atomic mass is 16.5. The van der Waals surface area contributed by atoms with Crippen LogP contribution in [0.15, 0.2) is 18.2 Å². The lowest BCUT2D eigenvalue weighted by Gasteiger charge is -2.22. The highest BCUT2D eigenvalue weighted by molar-refractivity contribution is 5.95. The Kier molecular flexibility index (Phi) is 3.40. The molecule has 2 aliphatic heterocycles. The van der Waals surface area contributed by atoms with Crippen molar-refractivity contribution in [2.75, 3.05) is 25.1 Å². The summed E-state index contributed by atoms with van der Waals surface area (Å²) in [6.45, 7) is 3.82. The summed E-state index contributed by atoms with van der Waals surface area (Å²) in [4.78, 5) is 11.3. The Morgan fingerprint density at radius 2 is 2.37 bits per heavy atom. The molecule has 3 rings (SSSR count). The average molecular weight is 262 g/mol. The predicted octanol–water partition coefficient (Wildman–Crippen LogP) is 1.46. The van der Waals surface area contributed by atoms with Gasteiger partial charge in [0.1, 0.15) is 5.75 Å². The van der Waals surface area contributed by atoms with E-state index in [0.717, 1.165) is 36.6 Å². The van der Waals surface area contributed by atoms with E-state index in [1.807, 2.05) is 18.2 Å². The van der Waals surface area contributed by atoms with E-state index in [-0.39, 0.29) is 18.6 Å². The number of nitrogens with one attached hydrogen (secondary N) is 2. The van der Waals surface area contributed by atoms with E-state index in [1.54, 1.807) is 0 Å². The molecule has 1 fully saturated rings. The monoisotopic (exact) mass is 262 g/mol. The smallest absolute Gasteiger partial charge is 0.262 e. The quantitative estimate of drug-likeness (QED) is 0.865. The van der Waals surface area contributed by atoms with E-state index in [4.69, 9.17) is 9.47 Å². The lowest BCUT2D eigenvalue weighted by Crippen LogP contribution is -2.32. The first-order chi connectivity index (χ1) is 9.22. The van der Waals surface area contributed by atoms with Crippen molar-refractivity contribution in [3.63, 3.8) is 0 Å². The standard InChI is InChI=1S/C14H18N2O3/c1-9(15-11-4-5-18-7-11)10-2-3-13-12(6-10)16-14(17)8-19-13/h2-3,6,9,11,15H,4-5,7-8H2,1H3,(H,16,17). The van der Waals surface area contributed by atoms with Crippen LogP contribution in [0, 0.1) is 0 Å². The van der Waals surface area contributed by atoms with Crippen molar-refractivity contribution in [1.82, 2.24) is 5.32 Å². The third-order valence-corrected chi connectivity index (χ3v) is 3.55. The largest absolute Gasteiger partial charge is 0.482 e. The molecule has 5 nitrogen and oxygen atoms in total. The number of hydrogen-bond acceptors (Lipinski definition) is 4. The first kappa shape index (κ1) is 12.4. The van der Waals surface area contributed by atoms with Crippen LogP contribution in [0.25, 0.3) is 0 Å². The van der Waals surface area contributed by atoms with E-state index in [0.29, 0.717) is 6.04 Å². The second-order valence-electron chi connectivity index (χ2n) is 5.04. The first-order valence-electron chi connectivity index (χ1n) is 6.63. The second-order valence-corrected chi connectivity index (χ2v) is 5.04. The molecule has 1 saturated heterocycles. The Hall–Kier alpha value is -1.59. The normalized spacial score (nSPS) is 23.4. The molecule has 19 heavy (non-hydrogen) atoms. The molecule has 0 saturated carbocycles. The summed E-state index contributed by atoms with van der Waals surface area (Å²) in [5.74, 6) is 0.634. The zero-order valence-corrected chi connectivity index (χ0v) is 10.9. The van der Waals surface area contributed by atoms with Gasteiger partial charge in [-0.05, 0) is 31.0 Å². The van der Waals surface area contributed by atoms with Crippen LogP contribution >= 0.6 is 0 Å². The van der Waals surface area contributed by atoms with Crippen molar-refractivity contribution in [2.45, 2.75) is 25.4 Å².